The number of fused-ring (bicyclic) bond motifs is 3. The molecule has 1 amide bonds. The van der Waals surface area contributed by atoms with Crippen molar-refractivity contribution in [1.29, 1.82) is 5.26 Å². The number of furan rings is 1. The normalized spacial score (nSPS) is 14.1. The molecule has 4 rings (SSSR count). The lowest BCUT2D eigenvalue weighted by molar-refractivity contribution is -0.123. The summed E-state index contributed by atoms with van der Waals surface area (Å²) in [6, 6.07) is 8.77. The molecule has 1 aliphatic carbocycles. The Morgan fingerprint density at radius 3 is 2.83 bits per heavy atom. The topological polar surface area (TPSA) is 75.3 Å². The van der Waals surface area contributed by atoms with Crippen molar-refractivity contribution < 1.29 is 22.7 Å². The molecule has 2 aromatic carbocycles. The summed E-state index contributed by atoms with van der Waals surface area (Å²) in [6.07, 6.45) is 4.12. The maximum absolute atomic E-state index is 13.9. The second kappa shape index (κ2) is 7.92. The number of hydrogen-bond acceptors (Lipinski definition) is 4. The van der Waals surface area contributed by atoms with Gasteiger partial charge in [0.25, 0.3) is 5.91 Å². The van der Waals surface area contributed by atoms with Gasteiger partial charge >= 0.3 is 0 Å². The summed E-state index contributed by atoms with van der Waals surface area (Å²) < 4.78 is 38.3. The third-order valence-corrected chi connectivity index (χ3v) is 5.00. The smallest absolute Gasteiger partial charge is 0.259 e. The first kappa shape index (κ1) is 18.9. The van der Waals surface area contributed by atoms with Crippen molar-refractivity contribution in [1.82, 2.24) is 5.32 Å². The van der Waals surface area contributed by atoms with Crippen molar-refractivity contribution in [2.24, 2.45) is 0 Å². The molecule has 0 saturated heterocycles. The van der Waals surface area contributed by atoms with Crippen molar-refractivity contribution in [3.63, 3.8) is 0 Å². The fraction of sp³-hybridized carbons (Fsp3) is 0.273. The molecule has 0 aliphatic heterocycles. The van der Waals surface area contributed by atoms with Crippen LogP contribution in [0.5, 0.6) is 5.75 Å². The number of ether oxygens (including phenoxy) is 1. The Morgan fingerprint density at radius 1 is 1.21 bits per heavy atom. The highest BCUT2D eigenvalue weighted by Crippen LogP contribution is 2.33. The van der Waals surface area contributed by atoms with Gasteiger partial charge in [-0.25, -0.2) is 8.78 Å². The van der Waals surface area contributed by atoms with Gasteiger partial charge in [-0.15, -0.1) is 0 Å². The van der Waals surface area contributed by atoms with Gasteiger partial charge in [-0.3, -0.25) is 4.79 Å². The Hall–Kier alpha value is -3.40. The number of aryl methyl sites for hydroxylation is 2. The zero-order valence-electron chi connectivity index (χ0n) is 15.5. The van der Waals surface area contributed by atoms with Crippen LogP contribution in [0.1, 0.15) is 35.8 Å². The van der Waals surface area contributed by atoms with Gasteiger partial charge < -0.3 is 14.5 Å². The van der Waals surface area contributed by atoms with Gasteiger partial charge in [0.2, 0.25) is 0 Å². The molecule has 5 nitrogen and oxygen atoms in total. The quantitative estimate of drug-likeness (QED) is 0.696. The number of carbonyl (C=O) groups excluding carboxylic acids is 1. The SMILES string of the molecule is N#CC(NC(=O)COc1ccc2oc3c(c2c1)CCCC3)c1ccc(F)cc1F. The number of nitrogens with one attached hydrogen (secondary N) is 1. The predicted octanol–water partition coefficient (Wildman–Crippen LogP) is 4.35. The average molecular weight is 396 g/mol. The van der Waals surface area contributed by atoms with Crippen LogP contribution in [-0.4, -0.2) is 12.5 Å². The van der Waals surface area contributed by atoms with Gasteiger partial charge in [0.1, 0.15) is 34.8 Å². The molecule has 1 N–H and O–H groups in total. The number of nitrogens with zero attached hydrogens (tertiary/aromatic N) is 1. The number of benzene rings is 2. The number of hydrogen-bond donors (Lipinski definition) is 1. The molecule has 0 fully saturated rings. The fourth-order valence-corrected chi connectivity index (χ4v) is 3.60. The van der Waals surface area contributed by atoms with Crippen LogP contribution in [0.25, 0.3) is 11.0 Å². The zero-order chi connectivity index (χ0) is 20.4. The molecular weight excluding hydrogens is 378 g/mol. The largest absolute Gasteiger partial charge is 0.484 e. The number of halogens is 2. The molecular formula is C22H18F2N2O3. The van der Waals surface area contributed by atoms with Gasteiger partial charge in [0.15, 0.2) is 6.61 Å². The highest BCUT2D eigenvalue weighted by Gasteiger charge is 2.20. The summed E-state index contributed by atoms with van der Waals surface area (Å²) in [5.41, 5.74) is 1.89. The first-order chi connectivity index (χ1) is 14.0. The third-order valence-electron chi connectivity index (χ3n) is 5.00. The lowest BCUT2D eigenvalue weighted by atomic mass is 9.96. The van der Waals surface area contributed by atoms with E-state index in [0.29, 0.717) is 11.8 Å². The van der Waals surface area contributed by atoms with Crippen LogP contribution in [0, 0.1) is 23.0 Å². The van der Waals surface area contributed by atoms with Gasteiger partial charge in [0, 0.05) is 29.0 Å². The van der Waals surface area contributed by atoms with E-state index >= 15 is 0 Å². The summed E-state index contributed by atoms with van der Waals surface area (Å²) in [6.45, 7) is -0.341. The van der Waals surface area contributed by atoms with Crippen LogP contribution in [-0.2, 0) is 17.6 Å². The first-order valence-corrected chi connectivity index (χ1v) is 9.36. The van der Waals surface area contributed by atoms with E-state index in [9.17, 15) is 18.8 Å². The molecule has 3 aromatic rings. The number of amides is 1. The minimum atomic E-state index is -1.24. The van der Waals surface area contributed by atoms with Crippen LogP contribution in [0.15, 0.2) is 40.8 Å². The molecule has 1 aliphatic rings. The average Bonchev–Trinajstić information content (AvgIpc) is 3.09. The maximum Gasteiger partial charge on any atom is 0.259 e. The van der Waals surface area contributed by atoms with Crippen molar-refractivity contribution >= 4 is 16.9 Å². The van der Waals surface area contributed by atoms with E-state index in [0.717, 1.165) is 54.5 Å². The third kappa shape index (κ3) is 3.92. The second-order valence-corrected chi connectivity index (χ2v) is 6.95. The van der Waals surface area contributed by atoms with Crippen molar-refractivity contribution in [2.75, 3.05) is 6.61 Å². The van der Waals surface area contributed by atoms with Crippen LogP contribution < -0.4 is 10.1 Å². The molecule has 29 heavy (non-hydrogen) atoms. The molecule has 0 radical (unpaired) electrons. The van der Waals surface area contributed by atoms with Crippen LogP contribution >= 0.6 is 0 Å². The second-order valence-electron chi connectivity index (χ2n) is 6.95. The van der Waals surface area contributed by atoms with Gasteiger partial charge in [-0.1, -0.05) is 6.07 Å². The highest BCUT2D eigenvalue weighted by molar-refractivity contribution is 5.84. The van der Waals surface area contributed by atoms with E-state index in [1.807, 2.05) is 12.1 Å². The van der Waals surface area contributed by atoms with Crippen molar-refractivity contribution in [2.45, 2.75) is 31.7 Å². The molecule has 1 unspecified atom stereocenters. The monoisotopic (exact) mass is 396 g/mol. The van der Waals surface area contributed by atoms with Gasteiger partial charge in [-0.05, 0) is 43.5 Å². The molecule has 0 bridgehead atoms. The zero-order valence-corrected chi connectivity index (χ0v) is 15.5. The molecule has 1 heterocycles. The minimum absolute atomic E-state index is 0.103. The lowest BCUT2D eigenvalue weighted by Gasteiger charge is -2.13. The van der Waals surface area contributed by atoms with E-state index in [-0.39, 0.29) is 12.2 Å². The Labute approximate surface area is 165 Å². The number of rotatable bonds is 5. The Morgan fingerprint density at radius 2 is 2.03 bits per heavy atom. The van der Waals surface area contributed by atoms with Gasteiger partial charge in [0.05, 0.1) is 6.07 Å². The summed E-state index contributed by atoms with van der Waals surface area (Å²) in [7, 11) is 0. The van der Waals surface area contributed by atoms with E-state index < -0.39 is 23.6 Å². The summed E-state index contributed by atoms with van der Waals surface area (Å²) in [5, 5.41) is 12.6. The Kier molecular flexibility index (Phi) is 5.17. The standard InChI is InChI=1S/C22H18F2N2O3/c23-13-5-7-16(18(24)9-13)19(11-25)26-22(27)12-28-14-6-8-21-17(10-14)15-3-1-2-4-20(15)29-21/h5-10,19H,1-4,12H2,(H,26,27). The number of carbonyl (C=O) groups is 1. The van der Waals surface area contributed by atoms with E-state index in [1.165, 1.54) is 5.56 Å². The summed E-state index contributed by atoms with van der Waals surface area (Å²) >= 11 is 0. The maximum atomic E-state index is 13.9. The minimum Gasteiger partial charge on any atom is -0.484 e. The lowest BCUT2D eigenvalue weighted by Crippen LogP contribution is -2.32. The fourth-order valence-electron chi connectivity index (χ4n) is 3.60. The molecule has 0 spiro atoms. The summed E-state index contributed by atoms with van der Waals surface area (Å²) in [5.74, 6) is -0.723. The summed E-state index contributed by atoms with van der Waals surface area (Å²) in [4.78, 5) is 12.2. The Bertz CT molecular complexity index is 1120. The molecule has 0 saturated carbocycles. The molecule has 7 heteroatoms. The van der Waals surface area contributed by atoms with Crippen LogP contribution in [0.3, 0.4) is 0 Å². The van der Waals surface area contributed by atoms with E-state index in [4.69, 9.17) is 9.15 Å². The molecule has 1 atom stereocenters. The predicted molar refractivity (Wildman–Crippen MR) is 101 cm³/mol. The van der Waals surface area contributed by atoms with Crippen LogP contribution in [0.4, 0.5) is 8.78 Å². The Balaban J connectivity index is 1.43. The molecule has 1 aromatic heterocycles. The highest BCUT2D eigenvalue weighted by atomic mass is 19.1. The first-order valence-electron chi connectivity index (χ1n) is 9.36. The van der Waals surface area contributed by atoms with Gasteiger partial charge in [-0.2, -0.15) is 5.26 Å². The van der Waals surface area contributed by atoms with Crippen molar-refractivity contribution in [3.05, 3.63) is 64.9 Å². The number of nitriles is 1. The van der Waals surface area contributed by atoms with E-state index in [1.54, 1.807) is 12.1 Å². The van der Waals surface area contributed by atoms with Crippen LogP contribution in [0.2, 0.25) is 0 Å². The molecule has 148 valence electrons. The van der Waals surface area contributed by atoms with Crippen molar-refractivity contribution in [3.8, 4) is 11.8 Å². The van der Waals surface area contributed by atoms with E-state index in [2.05, 4.69) is 5.32 Å².